The quantitative estimate of drug-likeness (QED) is 0.872. The summed E-state index contributed by atoms with van der Waals surface area (Å²) in [6, 6.07) is 17.3. The van der Waals surface area contributed by atoms with Gasteiger partial charge in [0.25, 0.3) is 0 Å². The largest absolute Gasteiger partial charge is 0.315 e. The van der Waals surface area contributed by atoms with Gasteiger partial charge in [-0.2, -0.15) is 0 Å². The molecule has 1 aliphatic heterocycles. The number of benzene rings is 2. The fourth-order valence-electron chi connectivity index (χ4n) is 6.28. The molecule has 3 atom stereocenters. The van der Waals surface area contributed by atoms with Crippen LogP contribution in [-0.4, -0.2) is 25.5 Å². The zero-order valence-electron chi connectivity index (χ0n) is 16.8. The second kappa shape index (κ2) is 7.04. The SMILES string of the molecule is CN(C(=O)Cc1ccccc1)c1cccc2c1C[C@H]1NCC[C@@]23CCCC[C@@H]13. The summed E-state index contributed by atoms with van der Waals surface area (Å²) in [5, 5.41) is 3.82. The van der Waals surface area contributed by atoms with Crippen molar-refractivity contribution in [2.45, 2.75) is 56.4 Å². The Morgan fingerprint density at radius 3 is 2.82 bits per heavy atom. The van der Waals surface area contributed by atoms with Crippen LogP contribution in [0, 0.1) is 5.92 Å². The van der Waals surface area contributed by atoms with Gasteiger partial charge in [-0.25, -0.2) is 0 Å². The lowest BCUT2D eigenvalue weighted by Gasteiger charge is -2.56. The van der Waals surface area contributed by atoms with Gasteiger partial charge in [0.1, 0.15) is 0 Å². The van der Waals surface area contributed by atoms with E-state index in [9.17, 15) is 4.79 Å². The van der Waals surface area contributed by atoms with Gasteiger partial charge in [0.2, 0.25) is 5.91 Å². The van der Waals surface area contributed by atoms with E-state index in [1.54, 1.807) is 5.56 Å². The Bertz CT molecular complexity index is 873. The number of carbonyl (C=O) groups excluding carboxylic acids is 1. The average Bonchev–Trinajstić information content (AvgIpc) is 2.73. The summed E-state index contributed by atoms with van der Waals surface area (Å²) < 4.78 is 0. The zero-order valence-corrected chi connectivity index (χ0v) is 16.8. The molecule has 2 aromatic rings. The molecule has 0 aromatic heterocycles. The van der Waals surface area contributed by atoms with Crippen LogP contribution in [0.5, 0.6) is 0 Å². The van der Waals surface area contributed by atoms with Crippen molar-refractivity contribution in [1.29, 1.82) is 0 Å². The number of piperidine rings is 1. The Balaban J connectivity index is 1.50. The molecule has 1 heterocycles. The number of carbonyl (C=O) groups is 1. The van der Waals surface area contributed by atoms with Crippen LogP contribution in [0.3, 0.4) is 0 Å². The molecule has 5 rings (SSSR count). The third-order valence-corrected chi connectivity index (χ3v) is 7.61. The van der Waals surface area contributed by atoms with E-state index in [2.05, 4.69) is 23.5 Å². The molecule has 1 saturated heterocycles. The minimum Gasteiger partial charge on any atom is -0.315 e. The molecule has 3 aliphatic rings. The van der Waals surface area contributed by atoms with Crippen LogP contribution in [0.15, 0.2) is 48.5 Å². The number of amides is 1. The molecule has 1 N–H and O–H groups in total. The normalized spacial score (nSPS) is 28.2. The molecule has 1 saturated carbocycles. The molecule has 0 radical (unpaired) electrons. The van der Waals surface area contributed by atoms with E-state index in [0.717, 1.165) is 30.1 Å². The van der Waals surface area contributed by atoms with E-state index in [4.69, 9.17) is 0 Å². The van der Waals surface area contributed by atoms with E-state index in [1.165, 1.54) is 37.7 Å². The van der Waals surface area contributed by atoms with Crippen molar-refractivity contribution in [2.75, 3.05) is 18.5 Å². The van der Waals surface area contributed by atoms with E-state index >= 15 is 0 Å². The van der Waals surface area contributed by atoms with Gasteiger partial charge in [0.05, 0.1) is 6.42 Å². The summed E-state index contributed by atoms with van der Waals surface area (Å²) in [7, 11) is 1.95. The Morgan fingerprint density at radius 1 is 1.11 bits per heavy atom. The lowest BCUT2D eigenvalue weighted by molar-refractivity contribution is -0.117. The van der Waals surface area contributed by atoms with E-state index in [0.29, 0.717) is 17.9 Å². The highest BCUT2D eigenvalue weighted by Gasteiger charge is 2.51. The molecule has 28 heavy (non-hydrogen) atoms. The molecule has 0 unspecified atom stereocenters. The lowest BCUT2D eigenvalue weighted by Crippen LogP contribution is -2.59. The molecular formula is C25H30N2O. The molecule has 3 nitrogen and oxygen atoms in total. The number of hydrogen-bond donors (Lipinski definition) is 1. The first-order chi connectivity index (χ1) is 13.7. The first-order valence-electron chi connectivity index (χ1n) is 10.9. The van der Waals surface area contributed by atoms with Crippen LogP contribution >= 0.6 is 0 Å². The van der Waals surface area contributed by atoms with Gasteiger partial charge in [0.15, 0.2) is 0 Å². The van der Waals surface area contributed by atoms with Gasteiger partial charge >= 0.3 is 0 Å². The summed E-state index contributed by atoms with van der Waals surface area (Å²) in [5.41, 5.74) is 5.50. The highest BCUT2D eigenvalue weighted by atomic mass is 16.2. The average molecular weight is 375 g/mol. The third-order valence-electron chi connectivity index (χ3n) is 7.61. The van der Waals surface area contributed by atoms with Crippen LogP contribution < -0.4 is 10.2 Å². The van der Waals surface area contributed by atoms with Gasteiger partial charge in [-0.05, 0) is 60.9 Å². The molecule has 3 heteroatoms. The van der Waals surface area contributed by atoms with Crippen molar-refractivity contribution >= 4 is 11.6 Å². The van der Waals surface area contributed by atoms with E-state index < -0.39 is 0 Å². The highest BCUT2D eigenvalue weighted by Crippen LogP contribution is 2.55. The second-order valence-electron chi connectivity index (χ2n) is 8.94. The van der Waals surface area contributed by atoms with Gasteiger partial charge in [-0.3, -0.25) is 4.79 Å². The molecule has 2 fully saturated rings. The molecule has 2 aromatic carbocycles. The standard InChI is InChI=1S/C25H30N2O/c1-27(24(28)16-18-8-3-2-4-9-18)23-12-7-11-20-19(23)17-22-21-10-5-6-13-25(20,21)14-15-26-22/h2-4,7-9,11-12,21-22,26H,5-6,10,13-17H2,1H3/t21-,22+,25-/m0/s1. The van der Waals surface area contributed by atoms with Crippen molar-refractivity contribution in [3.05, 3.63) is 65.2 Å². The number of fused-ring (bicyclic) bond motifs is 1. The Hall–Kier alpha value is -2.13. The summed E-state index contributed by atoms with van der Waals surface area (Å²) in [5.74, 6) is 0.934. The highest BCUT2D eigenvalue weighted by molar-refractivity contribution is 5.95. The number of likely N-dealkylation sites (N-methyl/N-ethyl adjacent to an activating group) is 1. The van der Waals surface area contributed by atoms with Crippen molar-refractivity contribution in [2.24, 2.45) is 5.92 Å². The molecule has 0 spiro atoms. The zero-order chi connectivity index (χ0) is 19.1. The Kier molecular flexibility index (Phi) is 4.51. The smallest absolute Gasteiger partial charge is 0.231 e. The number of hydrogen-bond acceptors (Lipinski definition) is 2. The number of nitrogens with zero attached hydrogens (tertiary/aromatic N) is 1. The number of nitrogens with one attached hydrogen (secondary N) is 1. The van der Waals surface area contributed by atoms with Crippen LogP contribution in [0.4, 0.5) is 5.69 Å². The maximum absolute atomic E-state index is 13.0. The van der Waals surface area contributed by atoms with Gasteiger partial charge in [0, 0.05) is 24.2 Å². The first-order valence-corrected chi connectivity index (χ1v) is 10.9. The van der Waals surface area contributed by atoms with Crippen molar-refractivity contribution < 1.29 is 4.79 Å². The maximum atomic E-state index is 13.0. The minimum atomic E-state index is 0.168. The van der Waals surface area contributed by atoms with Crippen LogP contribution in [0.25, 0.3) is 0 Å². The van der Waals surface area contributed by atoms with Crippen molar-refractivity contribution in [3.8, 4) is 0 Å². The van der Waals surface area contributed by atoms with Gasteiger partial charge in [-0.1, -0.05) is 55.3 Å². The van der Waals surface area contributed by atoms with Crippen LogP contribution in [0.2, 0.25) is 0 Å². The molecule has 2 bridgehead atoms. The predicted octanol–water partition coefficient (Wildman–Crippen LogP) is 4.24. The topological polar surface area (TPSA) is 32.3 Å². The van der Waals surface area contributed by atoms with Gasteiger partial charge in [-0.15, -0.1) is 0 Å². The summed E-state index contributed by atoms with van der Waals surface area (Å²) in [6.07, 6.45) is 8.13. The third kappa shape index (κ3) is 2.79. The second-order valence-corrected chi connectivity index (χ2v) is 8.94. The molecule has 2 aliphatic carbocycles. The maximum Gasteiger partial charge on any atom is 0.231 e. The van der Waals surface area contributed by atoms with Gasteiger partial charge < -0.3 is 10.2 Å². The minimum absolute atomic E-state index is 0.168. The predicted molar refractivity (Wildman–Crippen MR) is 114 cm³/mol. The Morgan fingerprint density at radius 2 is 1.96 bits per heavy atom. The lowest BCUT2D eigenvalue weighted by atomic mass is 9.52. The van der Waals surface area contributed by atoms with Crippen molar-refractivity contribution in [1.82, 2.24) is 5.32 Å². The summed E-state index contributed by atoms with van der Waals surface area (Å²) in [6.45, 7) is 1.13. The van der Waals surface area contributed by atoms with Crippen LogP contribution in [-0.2, 0) is 23.1 Å². The molecule has 1 amide bonds. The van der Waals surface area contributed by atoms with Crippen LogP contribution in [0.1, 0.15) is 48.8 Å². The molecule has 146 valence electrons. The molecular weight excluding hydrogens is 344 g/mol. The fourth-order valence-corrected chi connectivity index (χ4v) is 6.28. The first kappa shape index (κ1) is 17.9. The monoisotopic (exact) mass is 374 g/mol. The summed E-state index contributed by atoms with van der Waals surface area (Å²) in [4.78, 5) is 14.9. The number of anilines is 1. The van der Waals surface area contributed by atoms with E-state index in [-0.39, 0.29) is 5.91 Å². The van der Waals surface area contributed by atoms with Crippen molar-refractivity contribution in [3.63, 3.8) is 0 Å². The summed E-state index contributed by atoms with van der Waals surface area (Å²) >= 11 is 0. The van der Waals surface area contributed by atoms with E-state index in [1.807, 2.05) is 42.3 Å². The fraction of sp³-hybridized carbons (Fsp3) is 0.480. The Labute approximate surface area is 168 Å². The number of rotatable bonds is 3.